The van der Waals surface area contributed by atoms with Gasteiger partial charge >= 0.3 is 0 Å². The second kappa shape index (κ2) is 10.2. The van der Waals surface area contributed by atoms with Crippen molar-refractivity contribution in [1.82, 2.24) is 15.0 Å². The third-order valence-electron chi connectivity index (χ3n) is 5.70. The molecule has 1 atom stereocenters. The van der Waals surface area contributed by atoms with Gasteiger partial charge in [0.05, 0.1) is 28.5 Å². The molecule has 35 heavy (non-hydrogen) atoms. The van der Waals surface area contributed by atoms with Crippen LogP contribution < -0.4 is 10.1 Å². The van der Waals surface area contributed by atoms with Gasteiger partial charge in [0.15, 0.2) is 5.82 Å². The first-order valence-electron chi connectivity index (χ1n) is 11.4. The highest BCUT2D eigenvalue weighted by molar-refractivity contribution is 6.35. The van der Waals surface area contributed by atoms with Crippen LogP contribution in [0.25, 0.3) is 22.0 Å². The fourth-order valence-corrected chi connectivity index (χ4v) is 4.01. The lowest BCUT2D eigenvalue weighted by atomic mass is 10.0. The van der Waals surface area contributed by atoms with Gasteiger partial charge < -0.3 is 20.3 Å². The fourth-order valence-electron chi connectivity index (χ4n) is 3.81. The summed E-state index contributed by atoms with van der Waals surface area (Å²) in [4.78, 5) is 13.3. The minimum atomic E-state index is -1.11. The van der Waals surface area contributed by atoms with Crippen LogP contribution in [0.5, 0.6) is 5.75 Å². The van der Waals surface area contributed by atoms with Crippen LogP contribution >= 0.6 is 11.6 Å². The van der Waals surface area contributed by atoms with Crippen LogP contribution in [0.15, 0.2) is 54.9 Å². The summed E-state index contributed by atoms with van der Waals surface area (Å²) in [5.74, 6) is 1.06. The van der Waals surface area contributed by atoms with E-state index >= 15 is 0 Å². The first kappa shape index (κ1) is 24.9. The average molecular weight is 493 g/mol. The lowest BCUT2D eigenvalue weighted by Crippen LogP contribution is -2.19. The molecule has 0 aliphatic rings. The van der Waals surface area contributed by atoms with Gasteiger partial charge in [-0.25, -0.2) is 9.97 Å². The maximum atomic E-state index is 10.1. The number of aliphatic hydroxyl groups excluding tert-OH is 1. The van der Waals surface area contributed by atoms with Crippen LogP contribution in [-0.4, -0.2) is 38.4 Å². The van der Waals surface area contributed by atoms with Gasteiger partial charge in [-0.2, -0.15) is 0 Å². The zero-order chi connectivity index (χ0) is 25.2. The van der Waals surface area contributed by atoms with Gasteiger partial charge in [-0.15, -0.1) is 0 Å². The van der Waals surface area contributed by atoms with Crippen LogP contribution in [0.4, 0.5) is 5.69 Å². The van der Waals surface area contributed by atoms with Crippen LogP contribution in [-0.2, 0) is 5.60 Å². The first-order chi connectivity index (χ1) is 16.7. The summed E-state index contributed by atoms with van der Waals surface area (Å²) >= 11 is 6.74. The van der Waals surface area contributed by atoms with E-state index in [9.17, 15) is 5.11 Å². The number of nitrogens with one attached hydrogen (secondary N) is 1. The minimum Gasteiger partial charge on any atom is -0.491 e. The Morgan fingerprint density at radius 1 is 1.09 bits per heavy atom. The number of rotatable bonds is 8. The summed E-state index contributed by atoms with van der Waals surface area (Å²) in [5, 5.41) is 24.2. The van der Waals surface area contributed by atoms with Gasteiger partial charge in [-0.3, -0.25) is 4.98 Å². The lowest BCUT2D eigenvalue weighted by molar-refractivity contribution is 0.0687. The Morgan fingerprint density at radius 3 is 2.51 bits per heavy atom. The van der Waals surface area contributed by atoms with Crippen molar-refractivity contribution in [2.45, 2.75) is 39.3 Å². The zero-order valence-corrected chi connectivity index (χ0v) is 21.0. The van der Waals surface area contributed by atoms with E-state index in [1.807, 2.05) is 49.4 Å². The summed E-state index contributed by atoms with van der Waals surface area (Å²) < 4.78 is 5.56. The molecule has 0 saturated heterocycles. The molecule has 0 bridgehead atoms. The molecule has 2 aromatic carbocycles. The van der Waals surface area contributed by atoms with E-state index in [1.54, 1.807) is 26.2 Å². The summed E-state index contributed by atoms with van der Waals surface area (Å²) in [6.07, 6.45) is 3.41. The molecule has 4 rings (SSSR count). The SMILES string of the molecule is Cc1nc2ccc(-c3cnc(C(C)(C)O)nc3)cc2c(NC(C)c2cccc(OCCO)c2)c1Cl. The van der Waals surface area contributed by atoms with Gasteiger partial charge in [0.25, 0.3) is 0 Å². The zero-order valence-electron chi connectivity index (χ0n) is 20.2. The third-order valence-corrected chi connectivity index (χ3v) is 6.17. The van der Waals surface area contributed by atoms with E-state index in [1.165, 1.54) is 0 Å². The number of hydrogen-bond acceptors (Lipinski definition) is 7. The molecule has 0 spiro atoms. The maximum Gasteiger partial charge on any atom is 0.159 e. The molecule has 182 valence electrons. The molecule has 0 fully saturated rings. The fraction of sp³-hybridized carbons (Fsp3) is 0.296. The number of pyridine rings is 1. The molecule has 0 radical (unpaired) electrons. The van der Waals surface area contributed by atoms with Gasteiger partial charge in [0, 0.05) is 29.4 Å². The van der Waals surface area contributed by atoms with Crippen molar-refractivity contribution in [3.63, 3.8) is 0 Å². The topological polar surface area (TPSA) is 100 Å². The van der Waals surface area contributed by atoms with Gasteiger partial charge in [0.2, 0.25) is 0 Å². The summed E-state index contributed by atoms with van der Waals surface area (Å²) in [5.41, 5.74) is 4.00. The number of ether oxygens (including phenoxy) is 1. The molecular weight excluding hydrogens is 464 g/mol. The quantitative estimate of drug-likeness (QED) is 0.301. The van der Waals surface area contributed by atoms with E-state index in [4.69, 9.17) is 21.4 Å². The van der Waals surface area contributed by atoms with E-state index in [-0.39, 0.29) is 19.3 Å². The van der Waals surface area contributed by atoms with E-state index in [0.717, 1.165) is 39.0 Å². The predicted octanol–water partition coefficient (Wildman–Crippen LogP) is 5.43. The molecule has 8 heteroatoms. The van der Waals surface area contributed by atoms with E-state index in [0.29, 0.717) is 16.6 Å². The molecule has 1 unspecified atom stereocenters. The van der Waals surface area contributed by atoms with Crippen molar-refractivity contribution in [3.05, 3.63) is 77.0 Å². The number of aryl methyl sites for hydroxylation is 1. The van der Waals surface area contributed by atoms with Crippen molar-refractivity contribution in [2.24, 2.45) is 0 Å². The minimum absolute atomic E-state index is 0.0379. The predicted molar refractivity (Wildman–Crippen MR) is 139 cm³/mol. The monoisotopic (exact) mass is 492 g/mol. The van der Waals surface area contributed by atoms with Crippen LogP contribution in [0.2, 0.25) is 5.02 Å². The molecule has 3 N–H and O–H groups in total. The summed E-state index contributed by atoms with van der Waals surface area (Å²) in [6.45, 7) is 7.45. The smallest absolute Gasteiger partial charge is 0.159 e. The number of aromatic nitrogens is 3. The highest BCUT2D eigenvalue weighted by Gasteiger charge is 2.20. The standard InChI is InChI=1S/C27H29ClN4O3/c1-16(18-6-5-7-21(12-18)35-11-10-33)32-25-22-13-19(8-9-23(22)31-17(2)24(25)28)20-14-29-26(30-15-20)27(3,4)34/h5-9,12-16,33-34H,10-11H2,1-4H3,(H,31,32). The molecule has 0 aliphatic carbocycles. The Morgan fingerprint density at radius 2 is 1.83 bits per heavy atom. The van der Waals surface area contributed by atoms with Crippen LogP contribution in [0, 0.1) is 6.92 Å². The average Bonchev–Trinajstić information content (AvgIpc) is 2.85. The van der Waals surface area contributed by atoms with Crippen molar-refractivity contribution in [3.8, 4) is 16.9 Å². The van der Waals surface area contributed by atoms with Gasteiger partial charge in [-0.1, -0.05) is 29.8 Å². The van der Waals surface area contributed by atoms with Crippen LogP contribution in [0.1, 0.15) is 43.9 Å². The molecule has 2 heterocycles. The van der Waals surface area contributed by atoms with Gasteiger partial charge in [0.1, 0.15) is 18.0 Å². The Kier molecular flexibility index (Phi) is 7.21. The molecule has 0 aliphatic heterocycles. The Hall–Kier alpha value is -3.26. The normalized spacial score (nSPS) is 12.5. The molecular formula is C27H29ClN4O3. The summed E-state index contributed by atoms with van der Waals surface area (Å²) in [7, 11) is 0. The third kappa shape index (κ3) is 5.53. The molecule has 4 aromatic rings. The number of halogens is 1. The van der Waals surface area contributed by atoms with Crippen molar-refractivity contribution < 1.29 is 14.9 Å². The van der Waals surface area contributed by atoms with E-state index < -0.39 is 5.60 Å². The van der Waals surface area contributed by atoms with Crippen molar-refractivity contribution in [1.29, 1.82) is 0 Å². The second-order valence-electron chi connectivity index (χ2n) is 8.98. The second-order valence-corrected chi connectivity index (χ2v) is 9.36. The van der Waals surface area contributed by atoms with Crippen molar-refractivity contribution >= 4 is 28.2 Å². The van der Waals surface area contributed by atoms with Crippen LogP contribution in [0.3, 0.4) is 0 Å². The molecule has 7 nitrogen and oxygen atoms in total. The molecule has 0 amide bonds. The number of benzene rings is 2. The lowest BCUT2D eigenvalue weighted by Gasteiger charge is -2.20. The number of aliphatic hydroxyl groups is 2. The highest BCUT2D eigenvalue weighted by atomic mass is 35.5. The molecule has 0 saturated carbocycles. The number of hydrogen-bond donors (Lipinski definition) is 3. The molecule has 2 aromatic heterocycles. The summed E-state index contributed by atoms with van der Waals surface area (Å²) in [6, 6.07) is 13.6. The first-order valence-corrected chi connectivity index (χ1v) is 11.8. The largest absolute Gasteiger partial charge is 0.491 e. The Bertz CT molecular complexity index is 1340. The number of nitrogens with zero attached hydrogens (tertiary/aromatic N) is 3. The van der Waals surface area contributed by atoms with Gasteiger partial charge in [-0.05, 0) is 63.1 Å². The van der Waals surface area contributed by atoms with E-state index in [2.05, 4.69) is 27.2 Å². The number of fused-ring (bicyclic) bond motifs is 1. The Balaban J connectivity index is 1.71. The maximum absolute atomic E-state index is 10.1. The van der Waals surface area contributed by atoms with Crippen molar-refractivity contribution in [2.75, 3.05) is 18.5 Å². The highest BCUT2D eigenvalue weighted by Crippen LogP contribution is 2.37. The number of anilines is 1. The Labute approximate surface area is 209 Å².